The quantitative estimate of drug-likeness (QED) is 0.902. The van der Waals surface area contributed by atoms with Crippen LogP contribution in [0.25, 0.3) is 0 Å². The maximum Gasteiger partial charge on any atom is 0.229 e. The summed E-state index contributed by atoms with van der Waals surface area (Å²) in [5, 5.41) is 3.20. The van der Waals surface area contributed by atoms with Gasteiger partial charge in [0.1, 0.15) is 0 Å². The van der Waals surface area contributed by atoms with Gasteiger partial charge in [-0.05, 0) is 43.1 Å². The summed E-state index contributed by atoms with van der Waals surface area (Å²) in [5.41, 5.74) is 1.42. The van der Waals surface area contributed by atoms with Gasteiger partial charge in [-0.3, -0.25) is 10.1 Å². The first-order valence-corrected chi connectivity index (χ1v) is 8.41. The van der Waals surface area contributed by atoms with Crippen molar-refractivity contribution in [3.05, 3.63) is 53.3 Å². The fourth-order valence-corrected chi connectivity index (χ4v) is 3.34. The number of nitrogens with zero attached hydrogens (tertiary/aromatic N) is 2. The van der Waals surface area contributed by atoms with Gasteiger partial charge in [-0.15, -0.1) is 0 Å². The normalized spacial score (nSPS) is 20.9. The minimum absolute atomic E-state index is 0.0181. The second kappa shape index (κ2) is 7.55. The van der Waals surface area contributed by atoms with E-state index in [1.807, 2.05) is 0 Å². The van der Waals surface area contributed by atoms with E-state index in [0.717, 1.165) is 25.7 Å². The maximum absolute atomic E-state index is 12.1. The standard InChI is InChI=1S/C18H20ClN3O/c19-16-11-20-18(21-12-16)22-17(23)10-13-6-8-15(9-7-13)14-4-2-1-3-5-14/h1-5,11-13,15H,6-10H2,(H,20,21,22,23). The molecule has 3 rings (SSSR count). The molecule has 1 saturated carbocycles. The molecule has 1 heterocycles. The Balaban J connectivity index is 1.47. The molecule has 4 nitrogen and oxygen atoms in total. The van der Waals surface area contributed by atoms with Gasteiger partial charge < -0.3 is 0 Å². The number of benzene rings is 1. The van der Waals surface area contributed by atoms with Gasteiger partial charge in [-0.2, -0.15) is 0 Å². The lowest BCUT2D eigenvalue weighted by atomic mass is 9.77. The fraction of sp³-hybridized carbons (Fsp3) is 0.389. The van der Waals surface area contributed by atoms with Crippen LogP contribution in [0, 0.1) is 5.92 Å². The van der Waals surface area contributed by atoms with Gasteiger partial charge in [0.2, 0.25) is 11.9 Å². The first-order chi connectivity index (χ1) is 11.2. The summed E-state index contributed by atoms with van der Waals surface area (Å²) in [7, 11) is 0. The Labute approximate surface area is 141 Å². The van der Waals surface area contributed by atoms with Crippen LogP contribution in [0.5, 0.6) is 0 Å². The second-order valence-electron chi connectivity index (χ2n) is 6.11. The van der Waals surface area contributed by atoms with Gasteiger partial charge in [-0.25, -0.2) is 9.97 Å². The molecule has 120 valence electrons. The maximum atomic E-state index is 12.1. The molecule has 0 atom stereocenters. The Kier molecular flexibility index (Phi) is 5.23. The molecule has 5 heteroatoms. The van der Waals surface area contributed by atoms with E-state index in [1.54, 1.807) is 0 Å². The number of nitrogens with one attached hydrogen (secondary N) is 1. The predicted molar refractivity (Wildman–Crippen MR) is 91.4 cm³/mol. The number of aromatic nitrogens is 2. The topological polar surface area (TPSA) is 54.9 Å². The van der Waals surface area contributed by atoms with E-state index in [9.17, 15) is 4.79 Å². The highest BCUT2D eigenvalue weighted by atomic mass is 35.5. The van der Waals surface area contributed by atoms with Crippen molar-refractivity contribution in [1.82, 2.24) is 9.97 Å². The lowest BCUT2D eigenvalue weighted by Gasteiger charge is -2.28. The number of rotatable bonds is 4. The lowest BCUT2D eigenvalue weighted by molar-refractivity contribution is -0.117. The molecular weight excluding hydrogens is 310 g/mol. The third kappa shape index (κ3) is 4.52. The molecule has 1 aromatic carbocycles. The van der Waals surface area contributed by atoms with Gasteiger partial charge >= 0.3 is 0 Å². The Morgan fingerprint density at radius 3 is 2.39 bits per heavy atom. The van der Waals surface area contributed by atoms with Crippen molar-refractivity contribution in [1.29, 1.82) is 0 Å². The van der Waals surface area contributed by atoms with Crippen LogP contribution in [0.3, 0.4) is 0 Å². The van der Waals surface area contributed by atoms with Crippen molar-refractivity contribution in [3.8, 4) is 0 Å². The molecule has 0 spiro atoms. The van der Waals surface area contributed by atoms with Crippen molar-refractivity contribution >= 4 is 23.5 Å². The highest BCUT2D eigenvalue weighted by Crippen LogP contribution is 2.36. The van der Waals surface area contributed by atoms with E-state index >= 15 is 0 Å². The molecule has 1 aliphatic carbocycles. The number of carbonyl (C=O) groups is 1. The van der Waals surface area contributed by atoms with Crippen LogP contribution >= 0.6 is 11.6 Å². The highest BCUT2D eigenvalue weighted by molar-refractivity contribution is 6.30. The molecular formula is C18H20ClN3O. The van der Waals surface area contributed by atoms with Crippen LogP contribution in [0.2, 0.25) is 5.02 Å². The predicted octanol–water partition coefficient (Wildman–Crippen LogP) is 4.43. The van der Waals surface area contributed by atoms with Gasteiger partial charge in [0.25, 0.3) is 0 Å². The molecule has 1 aromatic heterocycles. The molecule has 0 radical (unpaired) electrons. The zero-order valence-electron chi connectivity index (χ0n) is 12.9. The van der Waals surface area contributed by atoms with E-state index in [-0.39, 0.29) is 5.91 Å². The second-order valence-corrected chi connectivity index (χ2v) is 6.54. The molecule has 1 fully saturated rings. The number of carbonyl (C=O) groups excluding carboxylic acids is 1. The van der Waals surface area contributed by atoms with Gasteiger partial charge in [0.05, 0.1) is 17.4 Å². The third-order valence-corrected chi connectivity index (χ3v) is 4.66. The lowest BCUT2D eigenvalue weighted by Crippen LogP contribution is -2.21. The number of hydrogen-bond acceptors (Lipinski definition) is 3. The highest BCUT2D eigenvalue weighted by Gasteiger charge is 2.24. The van der Waals surface area contributed by atoms with Crippen molar-refractivity contribution < 1.29 is 4.79 Å². The van der Waals surface area contributed by atoms with Gasteiger partial charge in [-0.1, -0.05) is 41.9 Å². The van der Waals surface area contributed by atoms with Crippen molar-refractivity contribution in [2.45, 2.75) is 38.0 Å². The molecule has 0 bridgehead atoms. The third-order valence-electron chi connectivity index (χ3n) is 4.46. The zero-order valence-corrected chi connectivity index (χ0v) is 13.7. The summed E-state index contributed by atoms with van der Waals surface area (Å²) in [4.78, 5) is 20.1. The van der Waals surface area contributed by atoms with Crippen molar-refractivity contribution in [3.63, 3.8) is 0 Å². The molecule has 0 aliphatic heterocycles. The smallest absolute Gasteiger partial charge is 0.229 e. The first kappa shape index (κ1) is 15.9. The summed E-state index contributed by atoms with van der Waals surface area (Å²) in [6.07, 6.45) is 7.99. The van der Waals surface area contributed by atoms with Crippen molar-refractivity contribution in [2.24, 2.45) is 5.92 Å². The Hall–Kier alpha value is -1.94. The average Bonchev–Trinajstić information content (AvgIpc) is 2.58. The van der Waals surface area contributed by atoms with Crippen LogP contribution in [-0.2, 0) is 4.79 Å². The Bertz CT molecular complexity index is 637. The molecule has 0 unspecified atom stereocenters. The monoisotopic (exact) mass is 329 g/mol. The zero-order chi connectivity index (χ0) is 16.1. The summed E-state index contributed by atoms with van der Waals surface area (Å²) in [6, 6.07) is 10.7. The minimum atomic E-state index is -0.0181. The van der Waals surface area contributed by atoms with Crippen LogP contribution in [-0.4, -0.2) is 15.9 Å². The minimum Gasteiger partial charge on any atom is -0.295 e. The van der Waals surface area contributed by atoms with Gasteiger partial charge in [0.15, 0.2) is 0 Å². The summed E-state index contributed by atoms with van der Waals surface area (Å²) in [6.45, 7) is 0. The molecule has 1 aliphatic rings. The summed E-state index contributed by atoms with van der Waals surface area (Å²) >= 11 is 5.73. The molecule has 1 amide bonds. The summed E-state index contributed by atoms with van der Waals surface area (Å²) in [5.74, 6) is 1.38. The van der Waals surface area contributed by atoms with Crippen LogP contribution in [0.1, 0.15) is 43.6 Å². The molecule has 2 aromatic rings. The largest absolute Gasteiger partial charge is 0.295 e. The fourth-order valence-electron chi connectivity index (χ4n) is 3.24. The molecule has 1 N–H and O–H groups in total. The van der Waals surface area contributed by atoms with E-state index in [0.29, 0.717) is 29.2 Å². The number of hydrogen-bond donors (Lipinski definition) is 1. The van der Waals surface area contributed by atoms with Gasteiger partial charge in [0, 0.05) is 6.42 Å². The van der Waals surface area contributed by atoms with E-state index in [1.165, 1.54) is 18.0 Å². The number of anilines is 1. The number of amides is 1. The van der Waals surface area contributed by atoms with Crippen LogP contribution in [0.15, 0.2) is 42.7 Å². The molecule has 0 saturated heterocycles. The van der Waals surface area contributed by atoms with Crippen LogP contribution in [0.4, 0.5) is 5.95 Å². The van der Waals surface area contributed by atoms with E-state index in [2.05, 4.69) is 45.6 Å². The Morgan fingerprint density at radius 1 is 1.09 bits per heavy atom. The van der Waals surface area contributed by atoms with E-state index < -0.39 is 0 Å². The number of halogens is 1. The Morgan fingerprint density at radius 2 is 1.74 bits per heavy atom. The average molecular weight is 330 g/mol. The van der Waals surface area contributed by atoms with Crippen LogP contribution < -0.4 is 5.32 Å². The molecule has 23 heavy (non-hydrogen) atoms. The first-order valence-electron chi connectivity index (χ1n) is 8.03. The SMILES string of the molecule is O=C(CC1CCC(c2ccccc2)CC1)Nc1ncc(Cl)cn1. The van der Waals surface area contributed by atoms with Crippen molar-refractivity contribution in [2.75, 3.05) is 5.32 Å². The summed E-state index contributed by atoms with van der Waals surface area (Å²) < 4.78 is 0. The van der Waals surface area contributed by atoms with E-state index in [4.69, 9.17) is 11.6 Å².